The summed E-state index contributed by atoms with van der Waals surface area (Å²) in [7, 11) is 0. The van der Waals surface area contributed by atoms with Gasteiger partial charge in [-0.3, -0.25) is 0 Å². The van der Waals surface area contributed by atoms with Crippen LogP contribution >= 0.6 is 0 Å². The molecule has 0 atom stereocenters. The molecule has 0 spiro atoms. The molecule has 7 nitrogen and oxygen atoms in total. The molecule has 1 aromatic carbocycles. The second-order valence-electron chi connectivity index (χ2n) is 5.37. The highest BCUT2D eigenvalue weighted by Crippen LogP contribution is 2.23. The Morgan fingerprint density at radius 3 is 2.92 bits per heavy atom. The number of aryl methyl sites for hydroxylation is 2. The highest BCUT2D eigenvalue weighted by atomic mass is 16.6. The molecule has 0 bridgehead atoms. The topological polar surface area (TPSA) is 82.2 Å². The molecule has 7 heteroatoms. The lowest BCUT2D eigenvalue weighted by Gasteiger charge is -2.04. The van der Waals surface area contributed by atoms with Gasteiger partial charge in [-0.25, -0.2) is 9.78 Å². The van der Waals surface area contributed by atoms with E-state index in [4.69, 9.17) is 9.26 Å². The lowest BCUT2D eigenvalue weighted by Crippen LogP contribution is -2.28. The predicted octanol–water partition coefficient (Wildman–Crippen LogP) is 3.03. The molecule has 24 heavy (non-hydrogen) atoms. The van der Waals surface area contributed by atoms with Crippen LogP contribution in [0.5, 0.6) is 5.88 Å². The van der Waals surface area contributed by atoms with E-state index in [-0.39, 0.29) is 5.88 Å². The largest absolute Gasteiger partial charge is 0.414 e. The van der Waals surface area contributed by atoms with Crippen molar-refractivity contribution in [1.82, 2.24) is 20.0 Å². The van der Waals surface area contributed by atoms with Gasteiger partial charge in [0, 0.05) is 31.0 Å². The Balaban J connectivity index is 1.45. The van der Waals surface area contributed by atoms with Crippen LogP contribution in [0, 0.1) is 6.92 Å². The van der Waals surface area contributed by atoms with E-state index in [0.717, 1.165) is 24.1 Å². The second kappa shape index (κ2) is 7.45. The van der Waals surface area contributed by atoms with Crippen molar-refractivity contribution in [3.05, 3.63) is 54.6 Å². The number of ether oxygens (including phenoxy) is 1. The monoisotopic (exact) mass is 326 g/mol. The fraction of sp³-hybridized carbons (Fsp3) is 0.235. The Morgan fingerprint density at radius 2 is 2.17 bits per heavy atom. The van der Waals surface area contributed by atoms with Crippen LogP contribution in [0.1, 0.15) is 12.0 Å². The van der Waals surface area contributed by atoms with Gasteiger partial charge in [0.1, 0.15) is 0 Å². The zero-order valence-corrected chi connectivity index (χ0v) is 13.3. The average Bonchev–Trinajstić information content (AvgIpc) is 3.24. The van der Waals surface area contributed by atoms with Crippen molar-refractivity contribution in [2.24, 2.45) is 0 Å². The van der Waals surface area contributed by atoms with Crippen LogP contribution in [0.25, 0.3) is 11.3 Å². The molecule has 0 aliphatic heterocycles. The molecule has 3 rings (SSSR count). The molecular formula is C17H18N4O3. The maximum absolute atomic E-state index is 11.7. The van der Waals surface area contributed by atoms with Gasteiger partial charge in [-0.2, -0.15) is 0 Å². The number of carbonyl (C=O) groups excluding carboxylic acids is 1. The summed E-state index contributed by atoms with van der Waals surface area (Å²) in [6.45, 7) is 3.29. The number of nitrogens with zero attached hydrogens (tertiary/aromatic N) is 3. The first-order chi connectivity index (χ1) is 11.7. The number of amides is 1. The van der Waals surface area contributed by atoms with Gasteiger partial charge in [-0.15, -0.1) is 0 Å². The first-order valence-electron chi connectivity index (χ1n) is 7.66. The van der Waals surface area contributed by atoms with E-state index in [2.05, 4.69) is 15.5 Å². The van der Waals surface area contributed by atoms with E-state index < -0.39 is 6.09 Å². The second-order valence-corrected chi connectivity index (χ2v) is 5.37. The summed E-state index contributed by atoms with van der Waals surface area (Å²) in [4.78, 5) is 15.7. The number of hydrogen-bond acceptors (Lipinski definition) is 5. The molecule has 0 saturated carbocycles. The summed E-state index contributed by atoms with van der Waals surface area (Å²) in [6.07, 6.45) is 5.56. The Bertz CT molecular complexity index is 779. The van der Waals surface area contributed by atoms with Crippen molar-refractivity contribution in [1.29, 1.82) is 0 Å². The highest BCUT2D eigenvalue weighted by Gasteiger charge is 2.11. The summed E-state index contributed by atoms with van der Waals surface area (Å²) in [5.41, 5.74) is 2.04. The molecule has 3 aromatic rings. The van der Waals surface area contributed by atoms with E-state index in [1.54, 1.807) is 18.6 Å². The lowest BCUT2D eigenvalue weighted by molar-refractivity contribution is 0.195. The summed E-state index contributed by atoms with van der Waals surface area (Å²) >= 11 is 0. The van der Waals surface area contributed by atoms with Gasteiger partial charge in [0.25, 0.3) is 5.88 Å². The minimum atomic E-state index is -0.551. The Kier molecular flexibility index (Phi) is 4.90. The van der Waals surface area contributed by atoms with Gasteiger partial charge >= 0.3 is 6.09 Å². The smallest absolute Gasteiger partial charge is 0.388 e. The third kappa shape index (κ3) is 4.22. The molecule has 0 saturated heterocycles. The van der Waals surface area contributed by atoms with Crippen molar-refractivity contribution in [2.75, 3.05) is 6.54 Å². The molecule has 2 heterocycles. The zero-order valence-electron chi connectivity index (χ0n) is 13.3. The standard InChI is InChI=1S/C17H18N4O3/c1-13-3-5-14(6-4-13)15-11-16(20-24-15)23-17(22)19-7-2-9-21-10-8-18-12-21/h3-6,8,10-12H,2,7,9H2,1H3,(H,19,22). The SMILES string of the molecule is Cc1ccc(-c2cc(OC(=O)NCCCn3ccnc3)no2)cc1. The summed E-state index contributed by atoms with van der Waals surface area (Å²) in [5.74, 6) is 0.690. The van der Waals surface area contributed by atoms with Gasteiger partial charge < -0.3 is 19.1 Å². The molecule has 1 amide bonds. The molecule has 0 unspecified atom stereocenters. The molecule has 0 aliphatic carbocycles. The predicted molar refractivity (Wildman–Crippen MR) is 87.5 cm³/mol. The summed E-state index contributed by atoms with van der Waals surface area (Å²) in [6, 6.07) is 9.40. The first-order valence-corrected chi connectivity index (χ1v) is 7.66. The number of imidazole rings is 1. The summed E-state index contributed by atoms with van der Waals surface area (Å²) < 4.78 is 12.2. The van der Waals surface area contributed by atoms with Crippen LogP contribution in [0.3, 0.4) is 0 Å². The van der Waals surface area contributed by atoms with Crippen molar-refractivity contribution >= 4 is 6.09 Å². The van der Waals surface area contributed by atoms with E-state index >= 15 is 0 Å². The van der Waals surface area contributed by atoms with Crippen molar-refractivity contribution < 1.29 is 14.1 Å². The molecule has 1 N–H and O–H groups in total. The lowest BCUT2D eigenvalue weighted by atomic mass is 10.1. The minimum absolute atomic E-state index is 0.137. The molecule has 0 fully saturated rings. The first kappa shape index (κ1) is 15.8. The van der Waals surface area contributed by atoms with Gasteiger partial charge in [-0.05, 0) is 18.5 Å². The maximum atomic E-state index is 11.7. The molecule has 124 valence electrons. The maximum Gasteiger partial charge on any atom is 0.414 e. The third-order valence-corrected chi connectivity index (χ3v) is 3.44. The minimum Gasteiger partial charge on any atom is -0.388 e. The van der Waals surface area contributed by atoms with Crippen LogP contribution in [0.4, 0.5) is 4.79 Å². The highest BCUT2D eigenvalue weighted by molar-refractivity contribution is 5.70. The number of hydrogen-bond donors (Lipinski definition) is 1. The van der Waals surface area contributed by atoms with Crippen molar-refractivity contribution in [3.63, 3.8) is 0 Å². The number of carbonyl (C=O) groups is 1. The van der Waals surface area contributed by atoms with Crippen LogP contribution in [-0.4, -0.2) is 27.3 Å². The fourth-order valence-electron chi connectivity index (χ4n) is 2.16. The number of benzene rings is 1. The number of nitrogens with one attached hydrogen (secondary N) is 1. The molecule has 0 radical (unpaired) electrons. The van der Waals surface area contributed by atoms with Gasteiger partial charge in [0.2, 0.25) is 0 Å². The van der Waals surface area contributed by atoms with Crippen molar-refractivity contribution in [2.45, 2.75) is 19.9 Å². The summed E-state index contributed by atoms with van der Waals surface area (Å²) in [5, 5.41) is 6.43. The fourth-order valence-corrected chi connectivity index (χ4v) is 2.16. The van der Waals surface area contributed by atoms with E-state index in [9.17, 15) is 4.79 Å². The van der Waals surface area contributed by atoms with Crippen LogP contribution in [0.2, 0.25) is 0 Å². The quantitative estimate of drug-likeness (QED) is 0.704. The van der Waals surface area contributed by atoms with E-state index in [1.165, 1.54) is 0 Å². The van der Waals surface area contributed by atoms with E-state index in [1.807, 2.05) is 42.0 Å². The third-order valence-electron chi connectivity index (χ3n) is 3.44. The number of rotatable bonds is 6. The van der Waals surface area contributed by atoms with Crippen LogP contribution < -0.4 is 10.1 Å². The zero-order chi connectivity index (χ0) is 16.8. The van der Waals surface area contributed by atoms with Crippen LogP contribution in [0.15, 0.2) is 53.6 Å². The molecule has 2 aromatic heterocycles. The normalized spacial score (nSPS) is 10.5. The van der Waals surface area contributed by atoms with Gasteiger partial charge in [0.15, 0.2) is 5.76 Å². The van der Waals surface area contributed by atoms with Crippen LogP contribution in [-0.2, 0) is 6.54 Å². The Morgan fingerprint density at radius 1 is 1.33 bits per heavy atom. The van der Waals surface area contributed by atoms with Gasteiger partial charge in [-0.1, -0.05) is 29.8 Å². The Hall–Kier alpha value is -3.09. The van der Waals surface area contributed by atoms with Gasteiger partial charge in [0.05, 0.1) is 12.4 Å². The van der Waals surface area contributed by atoms with Crippen molar-refractivity contribution in [3.8, 4) is 17.2 Å². The van der Waals surface area contributed by atoms with E-state index in [0.29, 0.717) is 12.3 Å². The molecule has 0 aliphatic rings. The Labute approximate surface area is 139 Å². The number of aromatic nitrogens is 3. The average molecular weight is 326 g/mol. The molecular weight excluding hydrogens is 308 g/mol.